The van der Waals surface area contributed by atoms with E-state index in [9.17, 15) is 4.79 Å². The number of nitrogens with one attached hydrogen (secondary N) is 1. The lowest BCUT2D eigenvalue weighted by atomic mass is 10.1. The van der Waals surface area contributed by atoms with Gasteiger partial charge in [-0.05, 0) is 48.9 Å². The van der Waals surface area contributed by atoms with Gasteiger partial charge in [-0.1, -0.05) is 78.9 Å². The molecule has 0 fully saturated rings. The minimum atomic E-state index is -0.135. The molecule has 0 saturated carbocycles. The molecule has 0 atom stereocenters. The molecule has 1 amide bonds. The van der Waals surface area contributed by atoms with Crippen LogP contribution in [0.2, 0.25) is 0 Å². The molecule has 0 unspecified atom stereocenters. The Balaban J connectivity index is 1.49. The molecular weight excluding hydrogens is 406 g/mol. The van der Waals surface area contributed by atoms with Crippen LogP contribution in [0.25, 0.3) is 28.2 Å². The number of benzene rings is 4. The van der Waals surface area contributed by atoms with Gasteiger partial charge in [0.2, 0.25) is 0 Å². The first-order valence-electron chi connectivity index (χ1n) is 10.9. The Hall–Kier alpha value is -4.44. The predicted molar refractivity (Wildman–Crippen MR) is 134 cm³/mol. The summed E-state index contributed by atoms with van der Waals surface area (Å²) in [7, 11) is 0. The Morgan fingerprint density at radius 2 is 1.33 bits per heavy atom. The molecule has 0 radical (unpaired) electrons. The van der Waals surface area contributed by atoms with Crippen LogP contribution in [0, 0.1) is 6.92 Å². The van der Waals surface area contributed by atoms with Gasteiger partial charge in [-0.2, -0.15) is 5.10 Å². The van der Waals surface area contributed by atoms with E-state index in [0.29, 0.717) is 5.56 Å². The number of aromatic nitrogens is 2. The summed E-state index contributed by atoms with van der Waals surface area (Å²) in [5.74, 6) is -0.135. The molecule has 5 aromatic rings. The van der Waals surface area contributed by atoms with Crippen molar-refractivity contribution in [3.63, 3.8) is 0 Å². The first-order chi connectivity index (χ1) is 16.2. The van der Waals surface area contributed by atoms with Crippen LogP contribution in [0.4, 0.5) is 5.69 Å². The number of rotatable bonds is 5. The van der Waals surface area contributed by atoms with Crippen LogP contribution in [0.15, 0.2) is 115 Å². The fourth-order valence-electron chi connectivity index (χ4n) is 3.80. The zero-order chi connectivity index (χ0) is 22.6. The van der Waals surface area contributed by atoms with Gasteiger partial charge in [-0.25, -0.2) is 4.68 Å². The molecule has 5 rings (SSSR count). The number of para-hydroxylation sites is 1. The molecule has 160 valence electrons. The summed E-state index contributed by atoms with van der Waals surface area (Å²) in [5.41, 5.74) is 7.36. The molecule has 33 heavy (non-hydrogen) atoms. The third kappa shape index (κ3) is 4.32. The molecule has 4 heteroatoms. The maximum absolute atomic E-state index is 12.8. The quantitative estimate of drug-likeness (QED) is 0.335. The van der Waals surface area contributed by atoms with Crippen molar-refractivity contribution in [1.29, 1.82) is 0 Å². The molecule has 0 bridgehead atoms. The number of hydrogen-bond donors (Lipinski definition) is 1. The summed E-state index contributed by atoms with van der Waals surface area (Å²) in [6.45, 7) is 1.98. The molecule has 0 saturated heterocycles. The summed E-state index contributed by atoms with van der Waals surface area (Å²) in [4.78, 5) is 12.8. The smallest absolute Gasteiger partial charge is 0.255 e. The minimum absolute atomic E-state index is 0.135. The van der Waals surface area contributed by atoms with E-state index in [1.807, 2.05) is 96.5 Å². The second-order valence-electron chi connectivity index (χ2n) is 7.87. The molecule has 0 aliphatic carbocycles. The first kappa shape index (κ1) is 20.5. The topological polar surface area (TPSA) is 46.9 Å². The van der Waals surface area contributed by atoms with Crippen LogP contribution in [-0.4, -0.2) is 15.7 Å². The van der Waals surface area contributed by atoms with E-state index in [4.69, 9.17) is 5.10 Å². The van der Waals surface area contributed by atoms with Crippen molar-refractivity contribution in [3.8, 4) is 28.2 Å². The molecule has 0 spiro atoms. The molecular formula is C29H23N3O. The number of amides is 1. The van der Waals surface area contributed by atoms with Crippen molar-refractivity contribution in [2.24, 2.45) is 0 Å². The third-order valence-corrected chi connectivity index (χ3v) is 5.62. The SMILES string of the molecule is Cc1ccccc1NC(=O)c1ccc(-n2nc(-c3ccccc3)cc2-c2ccccc2)cc1. The van der Waals surface area contributed by atoms with Gasteiger partial charge in [0.25, 0.3) is 5.91 Å². The van der Waals surface area contributed by atoms with Gasteiger partial charge in [-0.15, -0.1) is 0 Å². The Kier molecular flexibility index (Phi) is 5.56. The maximum Gasteiger partial charge on any atom is 0.255 e. The van der Waals surface area contributed by atoms with Crippen molar-refractivity contribution in [3.05, 3.63) is 126 Å². The average Bonchev–Trinajstić information content (AvgIpc) is 3.32. The van der Waals surface area contributed by atoms with E-state index in [1.54, 1.807) is 0 Å². The maximum atomic E-state index is 12.8. The summed E-state index contributed by atoms with van der Waals surface area (Å²) >= 11 is 0. The number of aryl methyl sites for hydroxylation is 1. The zero-order valence-corrected chi connectivity index (χ0v) is 18.3. The molecule has 0 aliphatic rings. The lowest BCUT2D eigenvalue weighted by Gasteiger charge is -2.10. The van der Waals surface area contributed by atoms with Gasteiger partial charge in [0, 0.05) is 22.4 Å². The van der Waals surface area contributed by atoms with Crippen molar-refractivity contribution >= 4 is 11.6 Å². The largest absolute Gasteiger partial charge is 0.322 e. The summed E-state index contributed by atoms with van der Waals surface area (Å²) < 4.78 is 1.93. The lowest BCUT2D eigenvalue weighted by molar-refractivity contribution is 0.102. The van der Waals surface area contributed by atoms with E-state index in [2.05, 4.69) is 35.6 Å². The van der Waals surface area contributed by atoms with Crippen molar-refractivity contribution in [2.45, 2.75) is 6.92 Å². The van der Waals surface area contributed by atoms with Crippen LogP contribution < -0.4 is 5.32 Å². The van der Waals surface area contributed by atoms with E-state index >= 15 is 0 Å². The van der Waals surface area contributed by atoms with Gasteiger partial charge < -0.3 is 5.32 Å². The monoisotopic (exact) mass is 429 g/mol. The highest BCUT2D eigenvalue weighted by Crippen LogP contribution is 2.29. The van der Waals surface area contributed by atoms with E-state index in [-0.39, 0.29) is 5.91 Å². The van der Waals surface area contributed by atoms with Crippen LogP contribution in [0.5, 0.6) is 0 Å². The molecule has 1 N–H and O–H groups in total. The van der Waals surface area contributed by atoms with Crippen molar-refractivity contribution in [1.82, 2.24) is 9.78 Å². The van der Waals surface area contributed by atoms with Gasteiger partial charge in [0.15, 0.2) is 0 Å². The fraction of sp³-hybridized carbons (Fsp3) is 0.0345. The van der Waals surface area contributed by atoms with Gasteiger partial charge in [-0.3, -0.25) is 4.79 Å². The minimum Gasteiger partial charge on any atom is -0.322 e. The molecule has 4 nitrogen and oxygen atoms in total. The summed E-state index contributed by atoms with van der Waals surface area (Å²) in [5, 5.41) is 7.88. The predicted octanol–water partition coefficient (Wildman–Crippen LogP) is 6.77. The summed E-state index contributed by atoms with van der Waals surface area (Å²) in [6.07, 6.45) is 0. The van der Waals surface area contributed by atoms with Gasteiger partial charge >= 0.3 is 0 Å². The van der Waals surface area contributed by atoms with Gasteiger partial charge in [0.05, 0.1) is 17.1 Å². The van der Waals surface area contributed by atoms with Crippen molar-refractivity contribution in [2.75, 3.05) is 5.32 Å². The Morgan fingerprint density at radius 3 is 2.00 bits per heavy atom. The van der Waals surface area contributed by atoms with Crippen molar-refractivity contribution < 1.29 is 4.79 Å². The highest BCUT2D eigenvalue weighted by Gasteiger charge is 2.14. The highest BCUT2D eigenvalue weighted by molar-refractivity contribution is 6.04. The number of carbonyl (C=O) groups is 1. The Labute approximate surface area is 193 Å². The summed E-state index contributed by atoms with van der Waals surface area (Å²) in [6, 6.07) is 37.7. The number of hydrogen-bond acceptors (Lipinski definition) is 2. The fourth-order valence-corrected chi connectivity index (χ4v) is 3.80. The standard InChI is InChI=1S/C29H23N3O/c1-21-10-8-9-15-26(21)30-29(33)24-16-18-25(19-17-24)32-28(23-13-6-3-7-14-23)20-27(31-32)22-11-4-2-5-12-22/h2-20H,1H3,(H,30,33). The number of carbonyl (C=O) groups excluding carboxylic acids is 1. The van der Waals surface area contributed by atoms with Crippen LogP contribution in [-0.2, 0) is 0 Å². The lowest BCUT2D eigenvalue weighted by Crippen LogP contribution is -2.12. The van der Waals surface area contributed by atoms with E-state index < -0.39 is 0 Å². The average molecular weight is 430 g/mol. The Bertz CT molecular complexity index is 1390. The molecule has 1 heterocycles. The van der Waals surface area contributed by atoms with Gasteiger partial charge in [0.1, 0.15) is 0 Å². The second kappa shape index (κ2) is 8.97. The van der Waals surface area contributed by atoms with E-state index in [0.717, 1.165) is 39.5 Å². The van der Waals surface area contributed by atoms with Crippen LogP contribution in [0.1, 0.15) is 15.9 Å². The second-order valence-corrected chi connectivity index (χ2v) is 7.87. The third-order valence-electron chi connectivity index (χ3n) is 5.62. The molecule has 0 aliphatic heterocycles. The zero-order valence-electron chi connectivity index (χ0n) is 18.3. The van der Waals surface area contributed by atoms with E-state index in [1.165, 1.54) is 0 Å². The van der Waals surface area contributed by atoms with Crippen LogP contribution in [0.3, 0.4) is 0 Å². The Morgan fingerprint density at radius 1 is 0.727 bits per heavy atom. The molecule has 4 aromatic carbocycles. The number of nitrogens with zero attached hydrogens (tertiary/aromatic N) is 2. The normalized spacial score (nSPS) is 10.7. The first-order valence-corrected chi connectivity index (χ1v) is 10.9. The molecule has 1 aromatic heterocycles. The van der Waals surface area contributed by atoms with Crippen LogP contribution >= 0.6 is 0 Å². The number of anilines is 1. The highest BCUT2D eigenvalue weighted by atomic mass is 16.1.